The highest BCUT2D eigenvalue weighted by Gasteiger charge is 2.58. The van der Waals surface area contributed by atoms with E-state index in [1.54, 1.807) is 27.9 Å². The van der Waals surface area contributed by atoms with Gasteiger partial charge in [-0.2, -0.15) is 5.10 Å². The molecule has 2 aliphatic carbocycles. The fraction of sp³-hybridized carbons (Fsp3) is 0.417. The van der Waals surface area contributed by atoms with Crippen LogP contribution in [-0.2, 0) is 49.5 Å². The molecule has 246 valence electrons. The summed E-state index contributed by atoms with van der Waals surface area (Å²) in [4.78, 5) is 56.1. The number of halogens is 1. The quantitative estimate of drug-likeness (QED) is 0.244. The van der Waals surface area contributed by atoms with Crippen molar-refractivity contribution in [1.82, 2.24) is 19.6 Å². The monoisotopic (exact) mass is 642 g/mol. The fourth-order valence-corrected chi connectivity index (χ4v) is 6.76. The van der Waals surface area contributed by atoms with E-state index < -0.39 is 41.6 Å². The van der Waals surface area contributed by atoms with Crippen molar-refractivity contribution in [3.63, 3.8) is 0 Å². The summed E-state index contributed by atoms with van der Waals surface area (Å²) >= 11 is 0. The van der Waals surface area contributed by atoms with Gasteiger partial charge in [-0.1, -0.05) is 35.9 Å². The van der Waals surface area contributed by atoms with E-state index in [2.05, 4.69) is 5.10 Å². The molecule has 1 spiro atoms. The number of rotatable bonds is 7. The Balaban J connectivity index is 1.19. The number of benzene rings is 2. The Bertz CT molecular complexity index is 1750. The topological polar surface area (TPSA) is 111 Å². The Hall–Kier alpha value is -4.80. The number of esters is 1. The van der Waals surface area contributed by atoms with Crippen LogP contribution in [0.3, 0.4) is 0 Å². The number of hydrogen-bond donors (Lipinski definition) is 0. The molecule has 2 heterocycles. The third-order valence-corrected chi connectivity index (χ3v) is 9.04. The number of hydrogen-bond acceptors (Lipinski definition) is 7. The molecule has 6 rings (SSSR count). The van der Waals surface area contributed by atoms with Gasteiger partial charge in [-0.3, -0.25) is 14.3 Å². The molecule has 0 radical (unpaired) electrons. The van der Waals surface area contributed by atoms with Gasteiger partial charge in [0.25, 0.3) is 5.91 Å². The van der Waals surface area contributed by atoms with E-state index in [1.165, 1.54) is 18.2 Å². The Kier molecular flexibility index (Phi) is 8.50. The van der Waals surface area contributed by atoms with Crippen LogP contribution in [0.5, 0.6) is 0 Å². The van der Waals surface area contributed by atoms with Crippen molar-refractivity contribution in [2.24, 2.45) is 7.05 Å². The highest BCUT2D eigenvalue weighted by atomic mass is 19.1. The molecule has 1 atom stereocenters. The maximum atomic E-state index is 14.0. The first kappa shape index (κ1) is 32.2. The summed E-state index contributed by atoms with van der Waals surface area (Å²) in [5, 5.41) is 4.23. The Labute approximate surface area is 273 Å². The Morgan fingerprint density at radius 2 is 1.81 bits per heavy atom. The van der Waals surface area contributed by atoms with Gasteiger partial charge in [-0.15, -0.1) is 0 Å². The van der Waals surface area contributed by atoms with Crippen LogP contribution in [0, 0.1) is 5.82 Å². The number of carbonyl (C=O) groups is 4. The molecule has 0 N–H and O–H groups in total. The van der Waals surface area contributed by atoms with E-state index in [1.807, 2.05) is 52.2 Å². The van der Waals surface area contributed by atoms with Gasteiger partial charge in [-0.25, -0.2) is 18.9 Å². The smallest absolute Gasteiger partial charge is 0.418 e. The summed E-state index contributed by atoms with van der Waals surface area (Å²) < 4.78 is 26.6. The first-order valence-electron chi connectivity index (χ1n) is 15.9. The number of aryl methyl sites for hydroxylation is 2. The molecular formula is C36H39FN4O6. The second-order valence-electron chi connectivity index (χ2n) is 13.6. The molecule has 1 saturated carbocycles. The van der Waals surface area contributed by atoms with Gasteiger partial charge in [0.2, 0.25) is 11.5 Å². The normalized spacial score (nSPS) is 20.7. The Morgan fingerprint density at radius 1 is 1.09 bits per heavy atom. The van der Waals surface area contributed by atoms with Gasteiger partial charge in [0.1, 0.15) is 18.0 Å². The molecule has 3 aromatic rings. The van der Waals surface area contributed by atoms with Crippen molar-refractivity contribution in [1.29, 1.82) is 0 Å². The summed E-state index contributed by atoms with van der Waals surface area (Å²) in [7, 11) is 1.84. The zero-order valence-corrected chi connectivity index (χ0v) is 27.1. The third-order valence-electron chi connectivity index (χ3n) is 9.04. The van der Waals surface area contributed by atoms with E-state index in [4.69, 9.17) is 9.47 Å². The van der Waals surface area contributed by atoms with Crippen LogP contribution in [0.2, 0.25) is 0 Å². The standard InChI is InChI=1S/C36H39FN4O6/c1-35(2,3)46-32(43)17-23-7-12-29(13-8-23)40(20-24-5-10-28(37)11-6-24)31(42)22-41-33(44)36(47-34(41)45)16-15-26-18-25(9-14-30(26)36)27-19-38-39(4)21-27/h5-6,9-11,14,17-19,21,29H,7-8,12-13,15-16,20,22H2,1-4H3/t29?,36-/m1/s1. The number of fused-ring (bicyclic) bond motifs is 2. The van der Waals surface area contributed by atoms with Crippen LogP contribution in [-0.4, -0.2) is 61.6 Å². The van der Waals surface area contributed by atoms with Crippen LogP contribution in [0.4, 0.5) is 9.18 Å². The van der Waals surface area contributed by atoms with Crippen molar-refractivity contribution in [3.8, 4) is 11.1 Å². The average Bonchev–Trinajstić information content (AvgIpc) is 3.68. The van der Waals surface area contributed by atoms with E-state index in [9.17, 15) is 23.6 Å². The first-order valence-corrected chi connectivity index (χ1v) is 15.9. The summed E-state index contributed by atoms with van der Waals surface area (Å²) in [6, 6.07) is 11.4. The average molecular weight is 643 g/mol. The second-order valence-corrected chi connectivity index (χ2v) is 13.6. The zero-order chi connectivity index (χ0) is 33.5. The summed E-state index contributed by atoms with van der Waals surface area (Å²) in [6.45, 7) is 5.14. The molecule has 3 amide bonds. The van der Waals surface area contributed by atoms with Crippen molar-refractivity contribution in [2.45, 2.75) is 83.1 Å². The predicted molar refractivity (Wildman–Crippen MR) is 170 cm³/mol. The fourth-order valence-electron chi connectivity index (χ4n) is 6.76. The molecule has 11 heteroatoms. The lowest BCUT2D eigenvalue weighted by Crippen LogP contribution is -2.48. The van der Waals surface area contributed by atoms with E-state index in [0.717, 1.165) is 32.7 Å². The summed E-state index contributed by atoms with van der Waals surface area (Å²) in [6.07, 6.45) is 7.53. The number of carbonyl (C=O) groups excluding carboxylic acids is 4. The molecular weight excluding hydrogens is 603 g/mol. The number of aromatic nitrogens is 2. The lowest BCUT2D eigenvalue weighted by molar-refractivity contribution is -0.148. The molecule has 3 aliphatic rings. The number of imide groups is 1. The van der Waals surface area contributed by atoms with Gasteiger partial charge in [0.05, 0.1) is 6.20 Å². The van der Waals surface area contributed by atoms with Gasteiger partial charge in [-0.05, 0) is 81.7 Å². The molecule has 0 bridgehead atoms. The molecule has 47 heavy (non-hydrogen) atoms. The maximum Gasteiger partial charge on any atom is 0.418 e. The highest BCUT2D eigenvalue weighted by molar-refractivity contribution is 6.06. The lowest BCUT2D eigenvalue weighted by atomic mass is 9.89. The largest absolute Gasteiger partial charge is 0.457 e. The van der Waals surface area contributed by atoms with Crippen molar-refractivity contribution >= 4 is 23.9 Å². The summed E-state index contributed by atoms with van der Waals surface area (Å²) in [5.41, 5.74) is 3.04. The van der Waals surface area contributed by atoms with Crippen molar-refractivity contribution < 1.29 is 33.0 Å². The molecule has 1 saturated heterocycles. The first-order chi connectivity index (χ1) is 22.3. The minimum atomic E-state index is -1.46. The van der Waals surface area contributed by atoms with Crippen LogP contribution in [0.25, 0.3) is 11.1 Å². The van der Waals surface area contributed by atoms with Crippen molar-refractivity contribution in [3.05, 3.63) is 89.0 Å². The number of allylic oxidation sites excluding steroid dienone is 1. The summed E-state index contributed by atoms with van der Waals surface area (Å²) in [5.74, 6) is -1.74. The highest BCUT2D eigenvalue weighted by Crippen LogP contribution is 2.46. The van der Waals surface area contributed by atoms with Crippen LogP contribution < -0.4 is 0 Å². The second kappa shape index (κ2) is 12.4. The molecule has 0 unspecified atom stereocenters. The minimum absolute atomic E-state index is 0.178. The van der Waals surface area contributed by atoms with Crippen molar-refractivity contribution in [2.75, 3.05) is 6.54 Å². The Morgan fingerprint density at radius 3 is 2.47 bits per heavy atom. The van der Waals surface area contributed by atoms with E-state index >= 15 is 0 Å². The van der Waals surface area contributed by atoms with E-state index in [0.29, 0.717) is 44.1 Å². The van der Waals surface area contributed by atoms with Gasteiger partial charge in [0, 0.05) is 49.5 Å². The molecule has 1 aliphatic heterocycles. The maximum absolute atomic E-state index is 14.0. The minimum Gasteiger partial charge on any atom is -0.457 e. The molecule has 10 nitrogen and oxygen atoms in total. The number of ether oxygens (including phenoxy) is 2. The molecule has 2 aromatic carbocycles. The molecule has 1 aromatic heterocycles. The van der Waals surface area contributed by atoms with Crippen LogP contribution in [0.1, 0.15) is 69.6 Å². The zero-order valence-electron chi connectivity index (χ0n) is 27.1. The third kappa shape index (κ3) is 6.70. The van der Waals surface area contributed by atoms with Crippen LogP contribution in [0.15, 0.2) is 66.5 Å². The van der Waals surface area contributed by atoms with E-state index in [-0.39, 0.29) is 18.4 Å². The SMILES string of the molecule is Cn1cc(-c2ccc3c(c2)CC[C@@]32OC(=O)N(CC(=O)N(Cc3ccc(F)cc3)C3CCC(=CC(=O)OC(C)(C)C)CC3)C2=O)cn1. The van der Waals surface area contributed by atoms with Gasteiger partial charge >= 0.3 is 12.1 Å². The number of nitrogens with zero attached hydrogens (tertiary/aromatic N) is 4. The lowest BCUT2D eigenvalue weighted by Gasteiger charge is -2.36. The molecule has 2 fully saturated rings. The number of amides is 3. The van der Waals surface area contributed by atoms with Crippen LogP contribution >= 0.6 is 0 Å². The predicted octanol–water partition coefficient (Wildman–Crippen LogP) is 5.59. The van der Waals surface area contributed by atoms with Gasteiger partial charge < -0.3 is 14.4 Å². The van der Waals surface area contributed by atoms with Gasteiger partial charge in [0.15, 0.2) is 0 Å².